The van der Waals surface area contributed by atoms with E-state index in [9.17, 15) is 18.0 Å². The lowest BCUT2D eigenvalue weighted by molar-refractivity contribution is -0.122. The predicted molar refractivity (Wildman–Crippen MR) is 90.3 cm³/mol. The van der Waals surface area contributed by atoms with Crippen molar-refractivity contribution in [3.8, 4) is 0 Å². The molecule has 0 N–H and O–H groups in total. The molecule has 1 aromatic heterocycles. The summed E-state index contributed by atoms with van der Waals surface area (Å²) in [6, 6.07) is 3.75. The Balaban J connectivity index is 2.52. The van der Waals surface area contributed by atoms with Crippen molar-refractivity contribution in [2.75, 3.05) is 6.26 Å². The first kappa shape index (κ1) is 19.2. The number of benzene rings is 1. The topological polar surface area (TPSA) is 112 Å². The number of hydrogen-bond donors (Lipinski definition) is 0. The van der Waals surface area contributed by atoms with E-state index in [0.717, 1.165) is 11.1 Å². The number of ketones is 2. The average Bonchev–Trinajstić information content (AvgIpc) is 2.92. The van der Waals surface area contributed by atoms with Gasteiger partial charge in [-0.3, -0.25) is 9.59 Å². The molecule has 134 valence electrons. The molecule has 1 heterocycles. The fourth-order valence-corrected chi connectivity index (χ4v) is 3.19. The van der Waals surface area contributed by atoms with Gasteiger partial charge in [0.15, 0.2) is 27.2 Å². The first-order chi connectivity index (χ1) is 11.5. The third-order valence-corrected chi connectivity index (χ3v) is 4.95. The molecule has 10 heteroatoms. The maximum Gasteiger partial charge on any atom is 0.193 e. The number of carbonyl (C=O) groups is 2. The second-order valence-corrected chi connectivity index (χ2v) is 8.33. The van der Waals surface area contributed by atoms with Gasteiger partial charge >= 0.3 is 0 Å². The average molecular weight is 385 g/mol. The van der Waals surface area contributed by atoms with Gasteiger partial charge in [0, 0.05) is 17.7 Å². The Bertz CT molecular complexity index is 937. The summed E-state index contributed by atoms with van der Waals surface area (Å²) in [4.78, 5) is 26.6. The lowest BCUT2D eigenvalue weighted by atomic mass is 9.88. The molecule has 0 saturated carbocycles. The van der Waals surface area contributed by atoms with Crippen LogP contribution in [0.2, 0.25) is 5.02 Å². The molecule has 0 aliphatic heterocycles. The number of nitrogens with zero attached hydrogens (tertiary/aromatic N) is 4. The van der Waals surface area contributed by atoms with Crippen molar-refractivity contribution in [1.82, 2.24) is 20.2 Å². The second-order valence-electron chi connectivity index (χ2n) is 5.91. The second kappa shape index (κ2) is 7.01. The lowest BCUT2D eigenvalue weighted by Crippen LogP contribution is -2.27. The zero-order valence-electron chi connectivity index (χ0n) is 14.1. The zero-order valence-corrected chi connectivity index (χ0v) is 15.7. The molecule has 1 atom stereocenters. The summed E-state index contributed by atoms with van der Waals surface area (Å²) in [6.07, 6.45) is 1.04. The van der Waals surface area contributed by atoms with Gasteiger partial charge in [-0.05, 0) is 23.4 Å². The van der Waals surface area contributed by atoms with Crippen LogP contribution in [0.1, 0.15) is 35.9 Å². The highest BCUT2D eigenvalue weighted by Gasteiger charge is 2.35. The van der Waals surface area contributed by atoms with E-state index in [1.165, 1.54) is 25.2 Å². The summed E-state index contributed by atoms with van der Waals surface area (Å²) >= 11 is 6.09. The van der Waals surface area contributed by atoms with E-state index >= 15 is 0 Å². The molecule has 0 fully saturated rings. The number of rotatable bonds is 6. The molecule has 0 bridgehead atoms. The van der Waals surface area contributed by atoms with Crippen molar-refractivity contribution in [2.24, 2.45) is 13.0 Å². The van der Waals surface area contributed by atoms with E-state index in [1.54, 1.807) is 13.8 Å². The Kier molecular flexibility index (Phi) is 5.38. The van der Waals surface area contributed by atoms with Gasteiger partial charge in [-0.2, -0.15) is 4.80 Å². The highest BCUT2D eigenvalue weighted by molar-refractivity contribution is 7.90. The number of aromatic nitrogens is 4. The van der Waals surface area contributed by atoms with Gasteiger partial charge in [-0.25, -0.2) is 8.42 Å². The van der Waals surface area contributed by atoms with Gasteiger partial charge in [0.05, 0.1) is 17.0 Å². The van der Waals surface area contributed by atoms with Gasteiger partial charge < -0.3 is 0 Å². The molecule has 0 radical (unpaired) electrons. The van der Waals surface area contributed by atoms with Crippen LogP contribution in [-0.4, -0.2) is 46.4 Å². The summed E-state index contributed by atoms with van der Waals surface area (Å²) < 4.78 is 23.2. The summed E-state index contributed by atoms with van der Waals surface area (Å²) in [5, 5.41) is 11.3. The molecule has 2 rings (SSSR count). The van der Waals surface area contributed by atoms with Crippen molar-refractivity contribution in [3.63, 3.8) is 0 Å². The third kappa shape index (κ3) is 4.10. The monoisotopic (exact) mass is 384 g/mol. The minimum absolute atomic E-state index is 0.0154. The number of halogens is 1. The number of carbonyl (C=O) groups excluding carboxylic acids is 2. The van der Waals surface area contributed by atoms with E-state index in [4.69, 9.17) is 11.6 Å². The van der Waals surface area contributed by atoms with Crippen LogP contribution in [0, 0.1) is 5.92 Å². The number of sulfone groups is 1. The van der Waals surface area contributed by atoms with Gasteiger partial charge in [-0.1, -0.05) is 25.4 Å². The molecule has 0 aliphatic rings. The Morgan fingerprint density at radius 3 is 2.32 bits per heavy atom. The molecule has 25 heavy (non-hydrogen) atoms. The third-order valence-electron chi connectivity index (χ3n) is 3.53. The van der Waals surface area contributed by atoms with Crippen LogP contribution < -0.4 is 0 Å². The SMILES string of the molecule is CC(C)C(=O)C(C(=O)c1ccc(S(C)(=O)=O)cc1Cl)c1nnn(C)n1. The molecule has 1 unspecified atom stereocenters. The van der Waals surface area contributed by atoms with Crippen molar-refractivity contribution >= 4 is 33.0 Å². The number of hydrogen-bond acceptors (Lipinski definition) is 7. The highest BCUT2D eigenvalue weighted by Crippen LogP contribution is 2.28. The van der Waals surface area contributed by atoms with E-state index in [2.05, 4.69) is 15.4 Å². The minimum Gasteiger partial charge on any atom is -0.298 e. The van der Waals surface area contributed by atoms with Crippen LogP contribution in [0.4, 0.5) is 0 Å². The van der Waals surface area contributed by atoms with Crippen LogP contribution in [0.3, 0.4) is 0 Å². The largest absolute Gasteiger partial charge is 0.298 e. The molecule has 0 amide bonds. The maximum absolute atomic E-state index is 12.9. The molecule has 2 aromatic rings. The van der Waals surface area contributed by atoms with Crippen molar-refractivity contribution < 1.29 is 18.0 Å². The van der Waals surface area contributed by atoms with Crippen molar-refractivity contribution in [2.45, 2.75) is 24.7 Å². The number of Topliss-reactive ketones (excluding diaryl/α,β-unsaturated/α-hetero) is 2. The molecule has 8 nitrogen and oxygen atoms in total. The van der Waals surface area contributed by atoms with E-state index in [1.807, 2.05) is 0 Å². The summed E-state index contributed by atoms with van der Waals surface area (Å²) in [6.45, 7) is 3.32. The van der Waals surface area contributed by atoms with Gasteiger partial charge in [0.2, 0.25) is 0 Å². The van der Waals surface area contributed by atoms with Gasteiger partial charge in [0.1, 0.15) is 5.92 Å². The van der Waals surface area contributed by atoms with Gasteiger partial charge in [-0.15, -0.1) is 10.2 Å². The first-order valence-corrected chi connectivity index (χ1v) is 9.60. The van der Waals surface area contributed by atoms with E-state index in [-0.39, 0.29) is 27.1 Å². The van der Waals surface area contributed by atoms with E-state index in [0.29, 0.717) is 0 Å². The van der Waals surface area contributed by atoms with E-state index < -0.39 is 27.5 Å². The predicted octanol–water partition coefficient (Wildman–Crippen LogP) is 1.46. The van der Waals surface area contributed by atoms with Crippen LogP contribution in [0.5, 0.6) is 0 Å². The highest BCUT2D eigenvalue weighted by atomic mass is 35.5. The van der Waals surface area contributed by atoms with Crippen LogP contribution in [0.25, 0.3) is 0 Å². The van der Waals surface area contributed by atoms with Crippen molar-refractivity contribution in [3.05, 3.63) is 34.6 Å². The quantitative estimate of drug-likeness (QED) is 0.547. The zero-order chi connectivity index (χ0) is 18.9. The fraction of sp³-hybridized carbons (Fsp3) is 0.400. The molecule has 1 aromatic carbocycles. The Hall–Kier alpha value is -2.13. The maximum atomic E-state index is 12.9. The molecule has 0 saturated heterocycles. The summed E-state index contributed by atoms with van der Waals surface area (Å²) in [7, 11) is -1.95. The number of tetrazole rings is 1. The summed E-state index contributed by atoms with van der Waals surface area (Å²) in [5.41, 5.74) is 0.0283. The molecule has 0 aliphatic carbocycles. The Labute approximate surface area is 150 Å². The standard InChI is InChI=1S/C15H17ClN4O4S/c1-8(2)13(21)12(15-17-19-20(3)18-15)14(22)10-6-5-9(7-11(10)16)25(4,23)24/h5-8,12H,1-4H3. The molecular formula is C15H17ClN4O4S. The Morgan fingerprint density at radius 2 is 1.88 bits per heavy atom. The van der Waals surface area contributed by atoms with Crippen LogP contribution in [-0.2, 0) is 21.7 Å². The smallest absolute Gasteiger partial charge is 0.193 e. The summed E-state index contributed by atoms with van der Waals surface area (Å²) in [5.74, 6) is -2.69. The van der Waals surface area contributed by atoms with Crippen LogP contribution >= 0.6 is 11.6 Å². The molecular weight excluding hydrogens is 368 g/mol. The van der Waals surface area contributed by atoms with Gasteiger partial charge in [0.25, 0.3) is 0 Å². The van der Waals surface area contributed by atoms with Crippen LogP contribution in [0.15, 0.2) is 23.1 Å². The minimum atomic E-state index is -3.47. The molecule has 0 spiro atoms. The van der Waals surface area contributed by atoms with Crippen molar-refractivity contribution in [1.29, 1.82) is 0 Å². The first-order valence-electron chi connectivity index (χ1n) is 7.33. The fourth-order valence-electron chi connectivity index (χ4n) is 2.20. The normalized spacial score (nSPS) is 13.0. The number of aryl methyl sites for hydroxylation is 1. The lowest BCUT2D eigenvalue weighted by Gasteiger charge is -2.15. The Morgan fingerprint density at radius 1 is 1.24 bits per heavy atom.